The van der Waals surface area contributed by atoms with Gasteiger partial charge in [0.1, 0.15) is 17.3 Å². The largest absolute Gasteiger partial charge is 0.217 e. The number of benzene rings is 1. The molecule has 1 atom stereocenters. The Labute approximate surface area is 113 Å². The van der Waals surface area contributed by atoms with Crippen molar-refractivity contribution in [1.29, 1.82) is 0 Å². The third-order valence-corrected chi connectivity index (χ3v) is 3.23. The number of aromatic nitrogens is 3. The summed E-state index contributed by atoms with van der Waals surface area (Å²) >= 11 is 6.24. The Balaban J connectivity index is 2.49. The molecule has 1 aromatic carbocycles. The van der Waals surface area contributed by atoms with Gasteiger partial charge in [-0.15, -0.1) is 5.10 Å². The van der Waals surface area contributed by atoms with Gasteiger partial charge in [-0.2, -0.15) is 0 Å². The van der Waals surface area contributed by atoms with Gasteiger partial charge < -0.3 is 0 Å². The zero-order valence-corrected chi connectivity index (χ0v) is 11.8. The van der Waals surface area contributed by atoms with Crippen LogP contribution in [0.15, 0.2) is 22.8 Å². The third kappa shape index (κ3) is 2.55. The fourth-order valence-corrected chi connectivity index (χ4v) is 1.79. The van der Waals surface area contributed by atoms with Crippen LogP contribution in [-0.2, 0) is 0 Å². The molecule has 0 aliphatic heterocycles. The Kier molecular flexibility index (Phi) is 3.58. The van der Waals surface area contributed by atoms with Crippen LogP contribution in [0.1, 0.15) is 17.4 Å². The van der Waals surface area contributed by atoms with Crippen molar-refractivity contribution < 1.29 is 8.78 Å². The van der Waals surface area contributed by atoms with E-state index >= 15 is 0 Å². The first-order chi connectivity index (χ1) is 7.99. The van der Waals surface area contributed by atoms with Gasteiger partial charge in [-0.1, -0.05) is 21.1 Å². The van der Waals surface area contributed by atoms with Crippen molar-refractivity contribution in [3.63, 3.8) is 0 Å². The molecule has 1 heterocycles. The second-order valence-electron chi connectivity index (χ2n) is 3.42. The molecule has 0 radical (unpaired) electrons. The van der Waals surface area contributed by atoms with E-state index in [-0.39, 0.29) is 15.0 Å². The zero-order chi connectivity index (χ0) is 12.6. The Morgan fingerprint density at radius 3 is 2.59 bits per heavy atom. The highest BCUT2D eigenvalue weighted by molar-refractivity contribution is 9.10. The molecule has 0 fully saturated rings. The minimum absolute atomic E-state index is 0.000364. The van der Waals surface area contributed by atoms with Gasteiger partial charge in [-0.25, -0.2) is 13.5 Å². The predicted molar refractivity (Wildman–Crippen MR) is 66.3 cm³/mol. The lowest BCUT2D eigenvalue weighted by molar-refractivity contribution is 0.579. The lowest BCUT2D eigenvalue weighted by Crippen LogP contribution is -2.00. The van der Waals surface area contributed by atoms with Crippen LogP contribution in [0.5, 0.6) is 0 Å². The quantitative estimate of drug-likeness (QED) is 0.598. The van der Waals surface area contributed by atoms with Crippen LogP contribution in [0.2, 0.25) is 0 Å². The number of hydrogen-bond acceptors (Lipinski definition) is 2. The number of nitrogens with zero attached hydrogens (tertiary/aromatic N) is 3. The van der Waals surface area contributed by atoms with E-state index in [1.165, 1.54) is 4.68 Å². The van der Waals surface area contributed by atoms with E-state index in [0.29, 0.717) is 5.69 Å². The summed E-state index contributed by atoms with van der Waals surface area (Å²) in [7, 11) is 0. The molecule has 0 saturated heterocycles. The molecule has 0 amide bonds. The molecule has 0 aliphatic carbocycles. The lowest BCUT2D eigenvalue weighted by atomic mass is 10.3. The maximum atomic E-state index is 13.6. The minimum atomic E-state index is -0.572. The number of rotatable bonds is 2. The Bertz CT molecular complexity index is 554. The highest BCUT2D eigenvalue weighted by Crippen LogP contribution is 2.24. The summed E-state index contributed by atoms with van der Waals surface area (Å²) in [5, 5.41) is 7.60. The van der Waals surface area contributed by atoms with Crippen molar-refractivity contribution in [2.75, 3.05) is 0 Å². The summed E-state index contributed by atoms with van der Waals surface area (Å²) < 4.78 is 28.2. The van der Waals surface area contributed by atoms with E-state index in [1.807, 2.05) is 6.92 Å². The molecule has 0 aliphatic rings. The van der Waals surface area contributed by atoms with E-state index in [4.69, 9.17) is 0 Å². The molecule has 2 rings (SSSR count). The van der Waals surface area contributed by atoms with Crippen molar-refractivity contribution >= 4 is 31.9 Å². The average molecular weight is 367 g/mol. The standard InChI is InChI=1S/C10H7Br2F2N3/c1-5(11)9-4-17(16-15-9)10-3-7(13)6(12)2-8(10)14/h2-5H,1H3. The molecule has 1 aromatic heterocycles. The van der Waals surface area contributed by atoms with Gasteiger partial charge in [-0.3, -0.25) is 0 Å². The van der Waals surface area contributed by atoms with Gasteiger partial charge in [-0.05, 0) is 28.9 Å². The second-order valence-corrected chi connectivity index (χ2v) is 5.65. The first kappa shape index (κ1) is 12.6. The van der Waals surface area contributed by atoms with Crippen molar-refractivity contribution in [3.8, 4) is 5.69 Å². The highest BCUT2D eigenvalue weighted by atomic mass is 79.9. The topological polar surface area (TPSA) is 30.7 Å². The lowest BCUT2D eigenvalue weighted by Gasteiger charge is -2.03. The van der Waals surface area contributed by atoms with Crippen LogP contribution >= 0.6 is 31.9 Å². The first-order valence-electron chi connectivity index (χ1n) is 4.70. The van der Waals surface area contributed by atoms with Crippen molar-refractivity contribution in [3.05, 3.63) is 40.1 Å². The number of hydrogen-bond donors (Lipinski definition) is 0. The summed E-state index contributed by atoms with van der Waals surface area (Å²) in [5.41, 5.74) is 0.672. The van der Waals surface area contributed by atoms with Gasteiger partial charge >= 0.3 is 0 Å². The van der Waals surface area contributed by atoms with Crippen LogP contribution < -0.4 is 0 Å². The second kappa shape index (κ2) is 4.81. The molecule has 3 nitrogen and oxygen atoms in total. The van der Waals surface area contributed by atoms with Gasteiger partial charge in [0.2, 0.25) is 0 Å². The molecule has 1 unspecified atom stereocenters. The summed E-state index contributed by atoms with van der Waals surface area (Å²) in [4.78, 5) is -0.000364. The molecule has 7 heteroatoms. The fourth-order valence-electron chi connectivity index (χ4n) is 1.26. The third-order valence-electron chi connectivity index (χ3n) is 2.16. The maximum Gasteiger partial charge on any atom is 0.150 e. The van der Waals surface area contributed by atoms with Gasteiger partial charge in [0, 0.05) is 6.07 Å². The summed E-state index contributed by atoms with van der Waals surface area (Å²) in [6, 6.07) is 2.13. The first-order valence-corrected chi connectivity index (χ1v) is 6.41. The number of alkyl halides is 1. The normalized spacial score (nSPS) is 12.8. The van der Waals surface area contributed by atoms with Crippen LogP contribution in [0, 0.1) is 11.6 Å². The van der Waals surface area contributed by atoms with Crippen molar-refractivity contribution in [1.82, 2.24) is 15.0 Å². The predicted octanol–water partition coefficient (Wildman–Crippen LogP) is 3.76. The van der Waals surface area contributed by atoms with Crippen LogP contribution in [0.3, 0.4) is 0 Å². The molecular formula is C10H7Br2F2N3. The SMILES string of the molecule is CC(Br)c1cn(-c2cc(F)c(Br)cc2F)nn1. The zero-order valence-electron chi connectivity index (χ0n) is 8.66. The molecule has 90 valence electrons. The van der Waals surface area contributed by atoms with Gasteiger partial charge in [0.15, 0.2) is 0 Å². The smallest absolute Gasteiger partial charge is 0.150 e. The summed E-state index contributed by atoms with van der Waals surface area (Å²) in [5.74, 6) is -1.12. The van der Waals surface area contributed by atoms with Gasteiger partial charge in [0.05, 0.1) is 21.2 Å². The molecular weight excluding hydrogens is 360 g/mol. The summed E-state index contributed by atoms with van der Waals surface area (Å²) in [6.07, 6.45) is 1.55. The molecule has 2 aromatic rings. The molecule has 0 bridgehead atoms. The molecule has 17 heavy (non-hydrogen) atoms. The maximum absolute atomic E-state index is 13.6. The van der Waals surface area contributed by atoms with Crippen LogP contribution in [0.25, 0.3) is 5.69 Å². The van der Waals surface area contributed by atoms with Gasteiger partial charge in [0.25, 0.3) is 0 Å². The molecule has 0 spiro atoms. The van der Waals surface area contributed by atoms with Crippen LogP contribution in [-0.4, -0.2) is 15.0 Å². The Hall–Kier alpha value is -0.820. The van der Waals surface area contributed by atoms with E-state index in [0.717, 1.165) is 12.1 Å². The Morgan fingerprint density at radius 2 is 2.00 bits per heavy atom. The minimum Gasteiger partial charge on any atom is -0.217 e. The van der Waals surface area contributed by atoms with E-state index < -0.39 is 11.6 Å². The Morgan fingerprint density at radius 1 is 1.29 bits per heavy atom. The monoisotopic (exact) mass is 365 g/mol. The van der Waals surface area contributed by atoms with E-state index in [1.54, 1.807) is 6.20 Å². The average Bonchev–Trinajstić information content (AvgIpc) is 2.72. The fraction of sp³-hybridized carbons (Fsp3) is 0.200. The molecule has 0 N–H and O–H groups in total. The van der Waals surface area contributed by atoms with Crippen molar-refractivity contribution in [2.24, 2.45) is 0 Å². The highest BCUT2D eigenvalue weighted by Gasteiger charge is 2.13. The van der Waals surface area contributed by atoms with E-state index in [9.17, 15) is 8.78 Å². The summed E-state index contributed by atoms with van der Waals surface area (Å²) in [6.45, 7) is 1.87. The molecule has 0 saturated carbocycles. The van der Waals surface area contributed by atoms with E-state index in [2.05, 4.69) is 42.2 Å². The van der Waals surface area contributed by atoms with Crippen molar-refractivity contribution in [2.45, 2.75) is 11.8 Å². The number of halogens is 4. The van der Waals surface area contributed by atoms with Crippen LogP contribution in [0.4, 0.5) is 8.78 Å².